The standard InChI is InChI=1S/C37H45N5O3/c1-9-26-23(5)32-20-35-27(10-2)22(4)31(39-35)19-33-24(6)28(11-12-36(44)42(8)13-15-45-16-14-43)37(41-33)25(7)30-17-21(3)29(38-30)18-34(26)40-32/h10,17-20,38-39,43H,2,9,11-16H2,1,3-8H3. The van der Waals surface area contributed by atoms with Crippen molar-refractivity contribution in [3.63, 3.8) is 0 Å². The lowest BCUT2D eigenvalue weighted by molar-refractivity contribution is -0.130. The lowest BCUT2D eigenvalue weighted by atomic mass is 9.98. The van der Waals surface area contributed by atoms with Crippen LogP contribution >= 0.6 is 0 Å². The Morgan fingerprint density at radius 2 is 1.53 bits per heavy atom. The highest BCUT2D eigenvalue weighted by Gasteiger charge is 2.22. The number of aryl methyl sites for hydroxylation is 3. The number of hydrogen-bond donors (Lipinski definition) is 3. The maximum atomic E-state index is 13.1. The summed E-state index contributed by atoms with van der Waals surface area (Å²) in [7, 11) is 1.79. The summed E-state index contributed by atoms with van der Waals surface area (Å²) < 4.78 is 5.36. The number of nitrogens with one attached hydrogen (secondary N) is 2. The van der Waals surface area contributed by atoms with Crippen molar-refractivity contribution in [1.82, 2.24) is 24.8 Å². The Bertz CT molecular complexity index is 1890. The highest BCUT2D eigenvalue weighted by atomic mass is 16.5. The number of rotatable bonds is 10. The van der Waals surface area contributed by atoms with Crippen LogP contribution in [0.1, 0.15) is 85.1 Å². The maximum absolute atomic E-state index is 13.1. The largest absolute Gasteiger partial charge is 0.394 e. The maximum Gasteiger partial charge on any atom is 0.222 e. The second-order valence-corrected chi connectivity index (χ2v) is 12.0. The molecule has 8 heteroatoms. The summed E-state index contributed by atoms with van der Waals surface area (Å²) in [5, 5.41) is 8.95. The van der Waals surface area contributed by atoms with E-state index in [1.165, 1.54) is 11.1 Å². The number of hydrogen-bond acceptors (Lipinski definition) is 5. The third-order valence-electron chi connectivity index (χ3n) is 9.15. The lowest BCUT2D eigenvalue weighted by Gasteiger charge is -2.17. The molecule has 2 aliphatic heterocycles. The van der Waals surface area contributed by atoms with Crippen molar-refractivity contribution in [2.75, 3.05) is 33.4 Å². The normalized spacial score (nSPS) is 13.2. The van der Waals surface area contributed by atoms with Gasteiger partial charge in [-0.25, -0.2) is 9.97 Å². The number of nitrogens with zero attached hydrogens (tertiary/aromatic N) is 3. The first-order valence-corrected chi connectivity index (χ1v) is 15.8. The third-order valence-corrected chi connectivity index (χ3v) is 9.15. The number of aliphatic hydroxyl groups excluding tert-OH is 1. The number of amides is 1. The van der Waals surface area contributed by atoms with Crippen LogP contribution in [0, 0.1) is 20.8 Å². The van der Waals surface area contributed by atoms with Gasteiger partial charge in [0.2, 0.25) is 5.91 Å². The Hall–Kier alpha value is -4.27. The molecule has 8 bridgehead atoms. The molecule has 0 fully saturated rings. The number of allylic oxidation sites excluding steroid dienone is 4. The molecule has 236 valence electrons. The molecule has 0 saturated heterocycles. The van der Waals surface area contributed by atoms with Crippen molar-refractivity contribution in [3.05, 3.63) is 75.9 Å². The molecular weight excluding hydrogens is 562 g/mol. The zero-order chi connectivity index (χ0) is 32.4. The van der Waals surface area contributed by atoms with E-state index in [9.17, 15) is 4.79 Å². The van der Waals surface area contributed by atoms with Crippen LogP contribution in [-0.4, -0.2) is 69.3 Å². The molecule has 3 aromatic rings. The molecular formula is C37H45N5O3. The third kappa shape index (κ3) is 6.30. The van der Waals surface area contributed by atoms with Crippen molar-refractivity contribution in [2.45, 2.75) is 60.8 Å². The van der Waals surface area contributed by atoms with E-state index < -0.39 is 0 Å². The van der Waals surface area contributed by atoms with Crippen LogP contribution in [0.25, 0.3) is 50.4 Å². The van der Waals surface area contributed by atoms with Gasteiger partial charge in [-0.1, -0.05) is 19.6 Å². The van der Waals surface area contributed by atoms with Crippen LogP contribution < -0.4 is 0 Å². The molecule has 8 nitrogen and oxygen atoms in total. The van der Waals surface area contributed by atoms with Crippen LogP contribution in [0.4, 0.5) is 0 Å². The first-order valence-electron chi connectivity index (χ1n) is 15.8. The molecule has 45 heavy (non-hydrogen) atoms. The van der Waals surface area contributed by atoms with Gasteiger partial charge in [0, 0.05) is 47.6 Å². The van der Waals surface area contributed by atoms with Crippen LogP contribution in [0.2, 0.25) is 0 Å². The van der Waals surface area contributed by atoms with Gasteiger partial charge in [0.25, 0.3) is 0 Å². The predicted octanol–water partition coefficient (Wildman–Crippen LogP) is 7.40. The molecule has 5 heterocycles. The van der Waals surface area contributed by atoms with E-state index in [-0.39, 0.29) is 19.1 Å². The molecule has 0 aliphatic carbocycles. The monoisotopic (exact) mass is 607 g/mol. The molecule has 0 atom stereocenters. The number of likely N-dealkylation sites (N-methyl/N-ethyl adjacent to an activating group) is 1. The van der Waals surface area contributed by atoms with Gasteiger partial charge >= 0.3 is 0 Å². The Morgan fingerprint density at radius 3 is 2.24 bits per heavy atom. The molecule has 3 N–H and O–H groups in total. The molecule has 0 unspecified atom stereocenters. The van der Waals surface area contributed by atoms with Crippen molar-refractivity contribution in [3.8, 4) is 0 Å². The van der Waals surface area contributed by atoms with Gasteiger partial charge in [0.1, 0.15) is 0 Å². The summed E-state index contributed by atoms with van der Waals surface area (Å²) in [4.78, 5) is 32.4. The quantitative estimate of drug-likeness (QED) is 0.208. The number of fused-ring (bicyclic) bond motifs is 8. The molecule has 1 amide bonds. The van der Waals surface area contributed by atoms with Crippen molar-refractivity contribution >= 4 is 56.3 Å². The van der Waals surface area contributed by atoms with Gasteiger partial charge in [-0.3, -0.25) is 4.79 Å². The van der Waals surface area contributed by atoms with Crippen LogP contribution in [0.5, 0.6) is 0 Å². The fraction of sp³-hybridized carbons (Fsp3) is 0.378. The van der Waals surface area contributed by atoms with Gasteiger partial charge in [-0.05, 0) is 111 Å². The van der Waals surface area contributed by atoms with Gasteiger partial charge in [0.15, 0.2) is 0 Å². The van der Waals surface area contributed by atoms with Gasteiger partial charge in [-0.2, -0.15) is 0 Å². The number of aromatic nitrogens is 4. The Morgan fingerprint density at radius 1 is 0.889 bits per heavy atom. The van der Waals surface area contributed by atoms with E-state index in [0.717, 1.165) is 84.7 Å². The molecule has 3 aromatic heterocycles. The van der Waals surface area contributed by atoms with Gasteiger partial charge in [-0.15, -0.1) is 0 Å². The minimum absolute atomic E-state index is 0.0278. The number of carbonyl (C=O) groups excluding carboxylic acids is 1. The van der Waals surface area contributed by atoms with Gasteiger partial charge in [0.05, 0.1) is 42.6 Å². The fourth-order valence-corrected chi connectivity index (χ4v) is 6.25. The fourth-order valence-electron chi connectivity index (χ4n) is 6.25. The zero-order valence-corrected chi connectivity index (χ0v) is 27.6. The average molecular weight is 608 g/mol. The molecule has 2 aliphatic rings. The first-order chi connectivity index (χ1) is 21.6. The molecule has 5 rings (SSSR count). The Balaban J connectivity index is 1.70. The molecule has 0 spiro atoms. The number of aromatic amines is 2. The summed E-state index contributed by atoms with van der Waals surface area (Å²) in [6, 6.07) is 8.57. The summed E-state index contributed by atoms with van der Waals surface area (Å²) >= 11 is 0. The number of carbonyl (C=O) groups is 1. The van der Waals surface area contributed by atoms with Crippen LogP contribution in [0.3, 0.4) is 0 Å². The zero-order valence-electron chi connectivity index (χ0n) is 27.6. The minimum atomic E-state index is -0.0278. The van der Waals surface area contributed by atoms with Crippen molar-refractivity contribution < 1.29 is 14.6 Å². The first kappa shape index (κ1) is 32.1. The van der Waals surface area contributed by atoms with E-state index >= 15 is 0 Å². The molecule has 0 aromatic carbocycles. The summed E-state index contributed by atoms with van der Waals surface area (Å²) in [6.07, 6.45) is 3.71. The SMILES string of the molecule is C=Cc1c(C)c2cc3nc(c(C)c4cc(C)c(cc5nc(cc1[nH]2)C(C)=C5CC)[nH]4)C(CCC(=O)N(C)CCOCCO)=C3C. The Kier molecular flexibility index (Phi) is 9.56. The van der Waals surface area contributed by atoms with Crippen LogP contribution in [0.15, 0.2) is 30.8 Å². The average Bonchev–Trinajstić information content (AvgIpc) is 3.72. The highest BCUT2D eigenvalue weighted by molar-refractivity contribution is 5.96. The van der Waals surface area contributed by atoms with Crippen molar-refractivity contribution in [2.24, 2.45) is 0 Å². The predicted molar refractivity (Wildman–Crippen MR) is 185 cm³/mol. The highest BCUT2D eigenvalue weighted by Crippen LogP contribution is 2.37. The summed E-state index contributed by atoms with van der Waals surface area (Å²) in [5.74, 6) is 0.0442. The van der Waals surface area contributed by atoms with E-state index in [1.807, 2.05) is 6.08 Å². The smallest absolute Gasteiger partial charge is 0.222 e. The van der Waals surface area contributed by atoms with Crippen molar-refractivity contribution in [1.29, 1.82) is 0 Å². The second kappa shape index (κ2) is 13.4. The number of H-pyrrole nitrogens is 2. The topological polar surface area (TPSA) is 107 Å². The minimum Gasteiger partial charge on any atom is -0.394 e. The van der Waals surface area contributed by atoms with E-state index in [1.54, 1.807) is 11.9 Å². The second-order valence-electron chi connectivity index (χ2n) is 12.0. The van der Waals surface area contributed by atoms with E-state index in [2.05, 4.69) is 82.4 Å². The van der Waals surface area contributed by atoms with E-state index in [0.29, 0.717) is 26.0 Å². The number of aliphatic hydroxyl groups is 1. The van der Waals surface area contributed by atoms with Gasteiger partial charge < -0.3 is 24.7 Å². The molecule has 0 radical (unpaired) electrons. The summed E-state index contributed by atoms with van der Waals surface area (Å²) in [5.41, 5.74) is 16.6. The van der Waals surface area contributed by atoms with E-state index in [4.69, 9.17) is 19.8 Å². The molecule has 0 saturated carbocycles. The lowest BCUT2D eigenvalue weighted by Crippen LogP contribution is -2.30. The summed E-state index contributed by atoms with van der Waals surface area (Å²) in [6.45, 7) is 18.0. The Labute approximate surface area is 265 Å². The van der Waals surface area contributed by atoms with Crippen LogP contribution in [-0.2, 0) is 9.53 Å². The number of ether oxygens (including phenoxy) is 1.